The fourth-order valence-electron chi connectivity index (χ4n) is 1.49. The Balaban J connectivity index is 1.88. The summed E-state index contributed by atoms with van der Waals surface area (Å²) in [4.78, 5) is 2.86. The maximum atomic E-state index is 3.50. The molecule has 0 saturated carbocycles. The van der Waals surface area contributed by atoms with E-state index < -0.39 is 0 Å². The van der Waals surface area contributed by atoms with Crippen LogP contribution in [0, 0.1) is 6.92 Å². The Morgan fingerprint density at radius 1 is 1.25 bits per heavy atom. The Kier molecular flexibility index (Phi) is 7.99. The highest BCUT2D eigenvalue weighted by Gasteiger charge is 1.95. The van der Waals surface area contributed by atoms with Crippen molar-refractivity contribution in [1.82, 2.24) is 5.32 Å². The topological polar surface area (TPSA) is 12.0 Å². The Bertz CT molecular complexity index is 271. The molecule has 16 heavy (non-hydrogen) atoms. The van der Waals surface area contributed by atoms with Gasteiger partial charge in [0.15, 0.2) is 0 Å². The summed E-state index contributed by atoms with van der Waals surface area (Å²) >= 11 is 3.97. The molecule has 0 unspecified atom stereocenters. The summed E-state index contributed by atoms with van der Waals surface area (Å²) in [5.74, 6) is 2.57. The van der Waals surface area contributed by atoms with Crippen molar-refractivity contribution in [2.45, 2.75) is 39.7 Å². The monoisotopic (exact) mass is 257 g/mol. The lowest BCUT2D eigenvalue weighted by Crippen LogP contribution is -2.15. The number of hydrogen-bond acceptors (Lipinski definition) is 3. The first-order chi connectivity index (χ1) is 7.83. The zero-order valence-corrected chi connectivity index (χ0v) is 12.1. The minimum Gasteiger partial charge on any atom is -0.311 e. The third-order valence-electron chi connectivity index (χ3n) is 2.41. The summed E-state index contributed by atoms with van der Waals surface area (Å²) in [5, 5.41) is 3.50. The molecular formula is C13H23NS2. The largest absolute Gasteiger partial charge is 0.311 e. The van der Waals surface area contributed by atoms with E-state index in [4.69, 9.17) is 0 Å². The molecule has 0 aliphatic carbocycles. The molecular weight excluding hydrogens is 234 g/mol. The number of rotatable bonds is 9. The number of hydrogen-bond donors (Lipinski definition) is 1. The van der Waals surface area contributed by atoms with Crippen LogP contribution < -0.4 is 5.32 Å². The molecule has 3 heteroatoms. The van der Waals surface area contributed by atoms with Crippen LogP contribution in [-0.4, -0.2) is 18.1 Å². The molecule has 1 nitrogen and oxygen atoms in total. The van der Waals surface area contributed by atoms with Crippen molar-refractivity contribution in [3.05, 3.63) is 21.9 Å². The molecule has 0 spiro atoms. The highest BCUT2D eigenvalue weighted by molar-refractivity contribution is 7.99. The minimum absolute atomic E-state index is 1.04. The normalized spacial score (nSPS) is 10.9. The van der Waals surface area contributed by atoms with Gasteiger partial charge in [0.1, 0.15) is 0 Å². The first kappa shape index (κ1) is 14.1. The van der Waals surface area contributed by atoms with Crippen LogP contribution in [0.3, 0.4) is 0 Å². The molecule has 1 aromatic heterocycles. The minimum atomic E-state index is 1.04. The fourth-order valence-corrected chi connectivity index (χ4v) is 3.25. The summed E-state index contributed by atoms with van der Waals surface area (Å²) in [6, 6.07) is 4.42. The van der Waals surface area contributed by atoms with Crippen molar-refractivity contribution in [2.75, 3.05) is 18.1 Å². The van der Waals surface area contributed by atoms with E-state index >= 15 is 0 Å². The highest BCUT2D eigenvalue weighted by atomic mass is 32.2. The van der Waals surface area contributed by atoms with Crippen LogP contribution in [0.1, 0.15) is 35.9 Å². The maximum absolute atomic E-state index is 3.50. The molecule has 1 N–H and O–H groups in total. The Labute approximate surface area is 108 Å². The zero-order valence-electron chi connectivity index (χ0n) is 10.4. The average Bonchev–Trinajstić information content (AvgIpc) is 2.68. The van der Waals surface area contributed by atoms with Gasteiger partial charge in [-0.1, -0.05) is 19.8 Å². The van der Waals surface area contributed by atoms with Gasteiger partial charge in [0.25, 0.3) is 0 Å². The second kappa shape index (κ2) is 9.08. The van der Waals surface area contributed by atoms with E-state index in [1.807, 2.05) is 11.3 Å². The molecule has 1 heterocycles. The lowest BCUT2D eigenvalue weighted by atomic mass is 10.3. The van der Waals surface area contributed by atoms with Crippen LogP contribution in [0.15, 0.2) is 12.1 Å². The molecule has 0 bridgehead atoms. The van der Waals surface area contributed by atoms with Gasteiger partial charge in [0.2, 0.25) is 0 Å². The van der Waals surface area contributed by atoms with E-state index in [9.17, 15) is 0 Å². The zero-order chi connectivity index (χ0) is 11.6. The van der Waals surface area contributed by atoms with Crippen molar-refractivity contribution in [2.24, 2.45) is 0 Å². The van der Waals surface area contributed by atoms with Gasteiger partial charge in [0.05, 0.1) is 0 Å². The van der Waals surface area contributed by atoms with E-state index in [2.05, 4.69) is 43.1 Å². The summed E-state index contributed by atoms with van der Waals surface area (Å²) in [5.41, 5.74) is 0. The number of unbranched alkanes of at least 4 members (excludes halogenated alkanes) is 2. The maximum Gasteiger partial charge on any atom is 0.0300 e. The Hall–Kier alpha value is 0.01000. The van der Waals surface area contributed by atoms with Crippen LogP contribution in [-0.2, 0) is 6.54 Å². The van der Waals surface area contributed by atoms with Crippen molar-refractivity contribution in [3.8, 4) is 0 Å². The fraction of sp³-hybridized carbons (Fsp3) is 0.692. The van der Waals surface area contributed by atoms with E-state index in [0.717, 1.165) is 13.1 Å². The highest BCUT2D eigenvalue weighted by Crippen LogP contribution is 2.14. The Morgan fingerprint density at radius 3 is 2.81 bits per heavy atom. The lowest BCUT2D eigenvalue weighted by Gasteiger charge is -2.03. The second-order valence-electron chi connectivity index (χ2n) is 4.01. The van der Waals surface area contributed by atoms with Crippen LogP contribution in [0.2, 0.25) is 0 Å². The molecule has 0 saturated heterocycles. The Morgan fingerprint density at radius 2 is 2.12 bits per heavy atom. The van der Waals surface area contributed by atoms with Crippen LogP contribution in [0.4, 0.5) is 0 Å². The van der Waals surface area contributed by atoms with Gasteiger partial charge in [-0.3, -0.25) is 0 Å². The van der Waals surface area contributed by atoms with Crippen molar-refractivity contribution in [3.63, 3.8) is 0 Å². The smallest absolute Gasteiger partial charge is 0.0300 e. The number of aryl methyl sites for hydroxylation is 1. The summed E-state index contributed by atoms with van der Waals surface area (Å²) in [6.07, 6.45) is 4.09. The third-order valence-corrected chi connectivity index (χ3v) is 4.48. The van der Waals surface area contributed by atoms with Crippen molar-refractivity contribution < 1.29 is 0 Å². The van der Waals surface area contributed by atoms with Gasteiger partial charge in [-0.2, -0.15) is 11.8 Å². The summed E-state index contributed by atoms with van der Waals surface area (Å²) < 4.78 is 0. The molecule has 0 atom stereocenters. The van der Waals surface area contributed by atoms with E-state index in [-0.39, 0.29) is 0 Å². The molecule has 0 aliphatic heterocycles. The second-order valence-corrected chi connectivity index (χ2v) is 6.61. The first-order valence-electron chi connectivity index (χ1n) is 6.16. The van der Waals surface area contributed by atoms with Crippen LogP contribution >= 0.6 is 23.1 Å². The molecule has 0 aliphatic rings. The molecule has 0 aromatic carbocycles. The van der Waals surface area contributed by atoms with Gasteiger partial charge >= 0.3 is 0 Å². The molecule has 0 radical (unpaired) electrons. The van der Waals surface area contributed by atoms with E-state index in [1.54, 1.807) is 0 Å². The average molecular weight is 257 g/mol. The predicted molar refractivity (Wildman–Crippen MR) is 77.6 cm³/mol. The number of thiophene rings is 1. The molecule has 1 rings (SSSR count). The molecule has 0 fully saturated rings. The van der Waals surface area contributed by atoms with Gasteiger partial charge in [-0.25, -0.2) is 0 Å². The lowest BCUT2D eigenvalue weighted by molar-refractivity contribution is 0.739. The standard InChI is InChI=1S/C13H23NS2/c1-3-4-5-9-15-10-8-14-11-13-7-6-12(2)16-13/h6-7,14H,3-5,8-11H2,1-2H3. The van der Waals surface area contributed by atoms with Gasteiger partial charge in [-0.05, 0) is 31.2 Å². The quantitative estimate of drug-likeness (QED) is 0.669. The van der Waals surface area contributed by atoms with Crippen molar-refractivity contribution in [1.29, 1.82) is 0 Å². The molecule has 1 aromatic rings. The first-order valence-corrected chi connectivity index (χ1v) is 8.14. The predicted octanol–water partition coefficient (Wildman–Crippen LogP) is 4.07. The van der Waals surface area contributed by atoms with Crippen LogP contribution in [0.5, 0.6) is 0 Å². The summed E-state index contributed by atoms with van der Waals surface area (Å²) in [7, 11) is 0. The van der Waals surface area contributed by atoms with Crippen LogP contribution in [0.25, 0.3) is 0 Å². The molecule has 0 amide bonds. The third kappa shape index (κ3) is 6.56. The van der Waals surface area contributed by atoms with Crippen molar-refractivity contribution >= 4 is 23.1 Å². The summed E-state index contributed by atoms with van der Waals surface area (Å²) in [6.45, 7) is 6.59. The number of nitrogens with one attached hydrogen (secondary N) is 1. The van der Waals surface area contributed by atoms with Gasteiger partial charge in [-0.15, -0.1) is 11.3 Å². The van der Waals surface area contributed by atoms with Gasteiger partial charge < -0.3 is 5.32 Å². The number of thioether (sulfide) groups is 1. The SMILES string of the molecule is CCCCCSCCNCc1ccc(C)s1. The van der Waals surface area contributed by atoms with E-state index in [0.29, 0.717) is 0 Å². The molecule has 92 valence electrons. The van der Waals surface area contributed by atoms with E-state index in [1.165, 1.54) is 40.5 Å². The van der Waals surface area contributed by atoms with Gasteiger partial charge in [0, 0.05) is 28.6 Å².